The van der Waals surface area contributed by atoms with Gasteiger partial charge in [0.15, 0.2) is 0 Å². The van der Waals surface area contributed by atoms with Crippen LogP contribution < -0.4 is 10.9 Å². The average molecular weight is 407 g/mol. The Kier molecular flexibility index (Phi) is 5.64. The lowest BCUT2D eigenvalue weighted by Crippen LogP contribution is -2.22. The lowest BCUT2D eigenvalue weighted by molar-refractivity contribution is -0.384. The summed E-state index contributed by atoms with van der Waals surface area (Å²) in [6.07, 6.45) is 0. The zero-order valence-electron chi connectivity index (χ0n) is 13.6. The molecule has 3 aromatic rings. The SMILES string of the molecule is Cc1cc2c(=O)[nH]c(CNC(=S)SCc3ccc([N+](=O)[O-])cc3)nc2s1. The number of non-ortho nitro benzene ring substituents is 1. The summed E-state index contributed by atoms with van der Waals surface area (Å²) in [5, 5.41) is 14.3. The summed E-state index contributed by atoms with van der Waals surface area (Å²) in [6.45, 7) is 2.27. The molecule has 2 heterocycles. The molecule has 0 fully saturated rings. The largest absolute Gasteiger partial charge is 0.364 e. The van der Waals surface area contributed by atoms with Crippen LogP contribution in [0.15, 0.2) is 35.1 Å². The number of benzene rings is 1. The highest BCUT2D eigenvalue weighted by molar-refractivity contribution is 8.22. The lowest BCUT2D eigenvalue weighted by atomic mass is 10.2. The van der Waals surface area contributed by atoms with Gasteiger partial charge in [0.25, 0.3) is 11.2 Å². The number of rotatable bonds is 5. The van der Waals surface area contributed by atoms with Crippen molar-refractivity contribution in [1.82, 2.24) is 15.3 Å². The molecular weight excluding hydrogens is 392 g/mol. The summed E-state index contributed by atoms with van der Waals surface area (Å²) in [6, 6.07) is 8.19. The zero-order chi connectivity index (χ0) is 18.7. The average Bonchev–Trinajstić information content (AvgIpc) is 2.99. The third-order valence-electron chi connectivity index (χ3n) is 3.49. The highest BCUT2D eigenvalue weighted by Gasteiger charge is 2.08. The molecule has 0 bridgehead atoms. The number of hydrogen-bond acceptors (Lipinski definition) is 7. The number of thioether (sulfide) groups is 1. The van der Waals surface area contributed by atoms with Crippen LogP contribution in [0.4, 0.5) is 5.69 Å². The van der Waals surface area contributed by atoms with Gasteiger partial charge < -0.3 is 10.3 Å². The number of H-pyrrole nitrogens is 1. The Labute approximate surface area is 162 Å². The molecule has 26 heavy (non-hydrogen) atoms. The van der Waals surface area contributed by atoms with E-state index in [1.54, 1.807) is 12.1 Å². The second kappa shape index (κ2) is 7.94. The second-order valence-corrected chi connectivity index (χ2v) is 8.33. The van der Waals surface area contributed by atoms with Crippen molar-refractivity contribution in [2.75, 3.05) is 0 Å². The van der Waals surface area contributed by atoms with Crippen LogP contribution in [0.5, 0.6) is 0 Å². The Hall–Kier alpha value is -2.30. The van der Waals surface area contributed by atoms with Crippen molar-refractivity contribution in [3.05, 3.63) is 67.1 Å². The quantitative estimate of drug-likeness (QED) is 0.380. The standard InChI is InChI=1S/C16H14N4O3S3/c1-9-6-12-14(21)18-13(19-15(12)26-9)7-17-16(24)25-8-10-2-4-11(5-3-10)20(22)23/h2-6H,7-8H2,1H3,(H,17,24)(H,18,19,21). The summed E-state index contributed by atoms with van der Waals surface area (Å²) >= 11 is 8.17. The summed E-state index contributed by atoms with van der Waals surface area (Å²) < 4.78 is 0.563. The fourth-order valence-electron chi connectivity index (χ4n) is 2.25. The number of thiocarbonyl (C=S) groups is 1. The van der Waals surface area contributed by atoms with Gasteiger partial charge in [-0.3, -0.25) is 14.9 Å². The van der Waals surface area contributed by atoms with Gasteiger partial charge in [0, 0.05) is 22.8 Å². The monoisotopic (exact) mass is 406 g/mol. The first-order valence-electron chi connectivity index (χ1n) is 7.55. The molecule has 2 aromatic heterocycles. The molecule has 10 heteroatoms. The maximum absolute atomic E-state index is 12.0. The Morgan fingerprint density at radius 3 is 2.85 bits per heavy atom. The van der Waals surface area contributed by atoms with E-state index in [-0.39, 0.29) is 11.2 Å². The van der Waals surface area contributed by atoms with Gasteiger partial charge in [-0.15, -0.1) is 11.3 Å². The minimum absolute atomic E-state index is 0.0636. The Morgan fingerprint density at radius 2 is 2.15 bits per heavy atom. The molecular formula is C16H14N4O3S3. The molecule has 134 valence electrons. The van der Waals surface area contributed by atoms with Crippen LogP contribution in [-0.2, 0) is 12.3 Å². The maximum Gasteiger partial charge on any atom is 0.269 e. The molecule has 1 aromatic carbocycles. The third-order valence-corrected chi connectivity index (χ3v) is 5.82. The molecule has 0 radical (unpaired) electrons. The van der Waals surface area contributed by atoms with Crippen molar-refractivity contribution in [1.29, 1.82) is 0 Å². The number of fused-ring (bicyclic) bond motifs is 1. The van der Waals surface area contributed by atoms with Crippen LogP contribution in [0.2, 0.25) is 0 Å². The van der Waals surface area contributed by atoms with Crippen LogP contribution in [-0.4, -0.2) is 19.2 Å². The minimum Gasteiger partial charge on any atom is -0.364 e. The Morgan fingerprint density at radius 1 is 1.42 bits per heavy atom. The van der Waals surface area contributed by atoms with Crippen molar-refractivity contribution in [3.8, 4) is 0 Å². The van der Waals surface area contributed by atoms with Gasteiger partial charge in [-0.1, -0.05) is 36.1 Å². The topological polar surface area (TPSA) is 101 Å². The van der Waals surface area contributed by atoms with E-state index < -0.39 is 4.92 Å². The molecule has 0 unspecified atom stereocenters. The molecule has 3 rings (SSSR count). The van der Waals surface area contributed by atoms with Crippen molar-refractivity contribution in [2.45, 2.75) is 19.2 Å². The number of thiophene rings is 1. The van der Waals surface area contributed by atoms with E-state index in [1.807, 2.05) is 13.0 Å². The number of aromatic amines is 1. The predicted molar refractivity (Wildman–Crippen MR) is 109 cm³/mol. The van der Waals surface area contributed by atoms with Crippen LogP contribution in [0.25, 0.3) is 10.2 Å². The van der Waals surface area contributed by atoms with E-state index in [0.717, 1.165) is 10.4 Å². The van der Waals surface area contributed by atoms with Gasteiger partial charge in [0.2, 0.25) is 0 Å². The van der Waals surface area contributed by atoms with E-state index in [1.165, 1.54) is 35.2 Å². The zero-order valence-corrected chi connectivity index (χ0v) is 16.1. The van der Waals surface area contributed by atoms with Crippen molar-refractivity contribution < 1.29 is 4.92 Å². The molecule has 0 atom stereocenters. The first-order valence-corrected chi connectivity index (χ1v) is 9.76. The fourth-order valence-corrected chi connectivity index (χ4v) is 4.06. The van der Waals surface area contributed by atoms with Gasteiger partial charge in [0.05, 0.1) is 16.9 Å². The minimum atomic E-state index is -0.428. The van der Waals surface area contributed by atoms with Crippen molar-refractivity contribution >= 4 is 55.5 Å². The first kappa shape index (κ1) is 18.5. The van der Waals surface area contributed by atoms with E-state index >= 15 is 0 Å². The molecule has 0 spiro atoms. The van der Waals surface area contributed by atoms with Crippen LogP contribution in [0.3, 0.4) is 0 Å². The Balaban J connectivity index is 1.55. The van der Waals surface area contributed by atoms with E-state index in [9.17, 15) is 14.9 Å². The van der Waals surface area contributed by atoms with Gasteiger partial charge in [-0.25, -0.2) is 4.98 Å². The molecule has 0 aliphatic heterocycles. The third kappa shape index (κ3) is 4.45. The number of nitrogens with one attached hydrogen (secondary N) is 2. The van der Waals surface area contributed by atoms with Crippen LogP contribution >= 0.6 is 35.3 Å². The van der Waals surface area contributed by atoms with Gasteiger partial charge in [-0.2, -0.15) is 0 Å². The number of nitro groups is 1. The van der Waals surface area contributed by atoms with Gasteiger partial charge in [0.1, 0.15) is 15.0 Å². The van der Waals surface area contributed by atoms with Crippen molar-refractivity contribution in [2.24, 2.45) is 0 Å². The summed E-state index contributed by atoms with van der Waals surface area (Å²) in [5.74, 6) is 1.12. The van der Waals surface area contributed by atoms with Gasteiger partial charge in [-0.05, 0) is 18.6 Å². The number of hydrogen-bond donors (Lipinski definition) is 2. The highest BCUT2D eigenvalue weighted by Crippen LogP contribution is 2.20. The highest BCUT2D eigenvalue weighted by atomic mass is 32.2. The summed E-state index contributed by atoms with van der Waals surface area (Å²) in [5.41, 5.74) is 0.848. The number of aromatic nitrogens is 2. The molecule has 0 saturated heterocycles. The van der Waals surface area contributed by atoms with Crippen molar-refractivity contribution in [3.63, 3.8) is 0 Å². The molecule has 0 aliphatic rings. The Bertz CT molecular complexity index is 1030. The van der Waals surface area contributed by atoms with Crippen LogP contribution in [0, 0.1) is 17.0 Å². The van der Waals surface area contributed by atoms with Crippen LogP contribution in [0.1, 0.15) is 16.3 Å². The smallest absolute Gasteiger partial charge is 0.269 e. The maximum atomic E-state index is 12.0. The fraction of sp³-hybridized carbons (Fsp3) is 0.188. The number of nitrogens with zero attached hydrogens (tertiary/aromatic N) is 2. The number of nitro benzene ring substituents is 1. The summed E-state index contributed by atoms with van der Waals surface area (Å²) in [7, 11) is 0. The number of aryl methyl sites for hydroxylation is 1. The predicted octanol–water partition coefficient (Wildman–Crippen LogP) is 3.51. The molecule has 7 nitrogen and oxygen atoms in total. The summed E-state index contributed by atoms with van der Waals surface area (Å²) in [4.78, 5) is 31.2. The van der Waals surface area contributed by atoms with E-state index in [4.69, 9.17) is 12.2 Å². The first-order chi connectivity index (χ1) is 12.4. The normalized spacial score (nSPS) is 10.8. The van der Waals surface area contributed by atoms with Gasteiger partial charge >= 0.3 is 0 Å². The van der Waals surface area contributed by atoms with E-state index in [2.05, 4.69) is 15.3 Å². The molecule has 2 N–H and O–H groups in total. The second-order valence-electron chi connectivity index (χ2n) is 5.44. The lowest BCUT2D eigenvalue weighted by Gasteiger charge is -2.07. The molecule has 0 amide bonds. The molecule has 0 aliphatic carbocycles. The molecule has 0 saturated carbocycles. The van der Waals surface area contributed by atoms with E-state index in [0.29, 0.717) is 32.7 Å².